The standard InChI is InChI=1S/C15H21NO2/c1-11-7-5-6-8-12(11)16-15(3,13(17)18-4)14(2)9-10-14/h5-8,16H,9-10H2,1-4H3. The average molecular weight is 247 g/mol. The normalized spacial score (nSPS) is 19.8. The lowest BCUT2D eigenvalue weighted by Gasteiger charge is -2.35. The van der Waals surface area contributed by atoms with Gasteiger partial charge in [-0.3, -0.25) is 0 Å². The highest BCUT2D eigenvalue weighted by Gasteiger charge is 2.58. The Morgan fingerprint density at radius 2 is 2.00 bits per heavy atom. The van der Waals surface area contributed by atoms with Crippen molar-refractivity contribution in [2.45, 2.75) is 39.2 Å². The van der Waals surface area contributed by atoms with Crippen molar-refractivity contribution in [1.29, 1.82) is 0 Å². The van der Waals surface area contributed by atoms with E-state index in [1.165, 1.54) is 7.11 Å². The molecule has 0 saturated heterocycles. The van der Waals surface area contributed by atoms with Gasteiger partial charge in [-0.15, -0.1) is 0 Å². The van der Waals surface area contributed by atoms with Gasteiger partial charge in [-0.2, -0.15) is 0 Å². The number of benzene rings is 1. The lowest BCUT2D eigenvalue weighted by Crippen LogP contribution is -2.51. The molecule has 1 fully saturated rings. The minimum atomic E-state index is -0.659. The van der Waals surface area contributed by atoms with Crippen molar-refractivity contribution in [3.8, 4) is 0 Å². The summed E-state index contributed by atoms with van der Waals surface area (Å²) in [6, 6.07) is 8.01. The van der Waals surface area contributed by atoms with Gasteiger partial charge in [0.2, 0.25) is 0 Å². The minimum Gasteiger partial charge on any atom is -0.467 e. The van der Waals surface area contributed by atoms with Gasteiger partial charge in [0.15, 0.2) is 0 Å². The van der Waals surface area contributed by atoms with E-state index in [4.69, 9.17) is 4.74 Å². The fraction of sp³-hybridized carbons (Fsp3) is 0.533. The van der Waals surface area contributed by atoms with E-state index in [1.807, 2.05) is 38.1 Å². The van der Waals surface area contributed by atoms with Gasteiger partial charge in [-0.25, -0.2) is 4.79 Å². The first-order valence-electron chi connectivity index (χ1n) is 6.35. The van der Waals surface area contributed by atoms with Gasteiger partial charge in [0, 0.05) is 11.1 Å². The predicted molar refractivity (Wildman–Crippen MR) is 72.6 cm³/mol. The van der Waals surface area contributed by atoms with Crippen LogP contribution in [0.4, 0.5) is 5.69 Å². The van der Waals surface area contributed by atoms with Crippen molar-refractivity contribution in [3.63, 3.8) is 0 Å². The van der Waals surface area contributed by atoms with Crippen molar-refractivity contribution in [3.05, 3.63) is 29.8 Å². The molecule has 3 nitrogen and oxygen atoms in total. The number of rotatable bonds is 4. The molecule has 1 atom stereocenters. The SMILES string of the molecule is COC(=O)C(C)(Nc1ccccc1C)C1(C)CC1. The number of carbonyl (C=O) groups excluding carboxylic acids is 1. The first kappa shape index (κ1) is 12.9. The Kier molecular flexibility index (Phi) is 3.09. The molecule has 2 rings (SSSR count). The van der Waals surface area contributed by atoms with Crippen molar-refractivity contribution in [2.24, 2.45) is 5.41 Å². The van der Waals surface area contributed by atoms with Crippen molar-refractivity contribution in [2.75, 3.05) is 12.4 Å². The molecule has 0 aromatic heterocycles. The van der Waals surface area contributed by atoms with Crippen LogP contribution in [0.1, 0.15) is 32.3 Å². The van der Waals surface area contributed by atoms with E-state index in [0.29, 0.717) is 0 Å². The Hall–Kier alpha value is -1.51. The van der Waals surface area contributed by atoms with E-state index >= 15 is 0 Å². The number of hydrogen-bond acceptors (Lipinski definition) is 3. The Balaban J connectivity index is 2.32. The van der Waals surface area contributed by atoms with Crippen LogP contribution in [0.2, 0.25) is 0 Å². The second-order valence-electron chi connectivity index (χ2n) is 5.62. The van der Waals surface area contributed by atoms with Crippen LogP contribution in [-0.4, -0.2) is 18.6 Å². The van der Waals surface area contributed by atoms with Crippen LogP contribution < -0.4 is 5.32 Å². The van der Waals surface area contributed by atoms with Gasteiger partial charge in [-0.1, -0.05) is 25.1 Å². The molecular weight excluding hydrogens is 226 g/mol. The van der Waals surface area contributed by atoms with Gasteiger partial charge >= 0.3 is 5.97 Å². The van der Waals surface area contributed by atoms with E-state index in [0.717, 1.165) is 24.1 Å². The topological polar surface area (TPSA) is 38.3 Å². The summed E-state index contributed by atoms with van der Waals surface area (Å²) in [6.45, 7) is 6.11. The third-order valence-electron chi connectivity index (χ3n) is 4.33. The Labute approximate surface area is 109 Å². The summed E-state index contributed by atoms with van der Waals surface area (Å²) in [5, 5.41) is 3.40. The molecule has 98 valence electrons. The fourth-order valence-corrected chi connectivity index (χ4v) is 2.32. The first-order valence-corrected chi connectivity index (χ1v) is 6.35. The van der Waals surface area contributed by atoms with Crippen LogP contribution in [-0.2, 0) is 9.53 Å². The molecule has 1 N–H and O–H groups in total. The maximum atomic E-state index is 12.2. The van der Waals surface area contributed by atoms with Crippen molar-refractivity contribution >= 4 is 11.7 Å². The number of nitrogens with one attached hydrogen (secondary N) is 1. The molecule has 0 aliphatic heterocycles. The monoisotopic (exact) mass is 247 g/mol. The summed E-state index contributed by atoms with van der Waals surface area (Å²) in [4.78, 5) is 12.2. The number of esters is 1. The molecule has 0 amide bonds. The lowest BCUT2D eigenvalue weighted by atomic mass is 9.83. The zero-order chi connectivity index (χ0) is 13.4. The molecule has 0 spiro atoms. The van der Waals surface area contributed by atoms with Gasteiger partial charge in [0.05, 0.1) is 7.11 Å². The number of methoxy groups -OCH3 is 1. The fourth-order valence-electron chi connectivity index (χ4n) is 2.32. The molecule has 0 heterocycles. The maximum absolute atomic E-state index is 12.2. The van der Waals surface area contributed by atoms with Crippen LogP contribution in [0.5, 0.6) is 0 Å². The largest absolute Gasteiger partial charge is 0.467 e. The smallest absolute Gasteiger partial charge is 0.331 e. The first-order chi connectivity index (χ1) is 8.43. The molecule has 1 saturated carbocycles. The van der Waals surface area contributed by atoms with E-state index < -0.39 is 5.54 Å². The Morgan fingerprint density at radius 3 is 2.50 bits per heavy atom. The number of aryl methyl sites for hydroxylation is 1. The number of para-hydroxylation sites is 1. The van der Waals surface area contributed by atoms with Crippen LogP contribution in [0.15, 0.2) is 24.3 Å². The molecule has 1 aromatic rings. The molecule has 0 bridgehead atoms. The molecule has 1 aliphatic carbocycles. The molecule has 0 radical (unpaired) electrons. The molecule has 3 heteroatoms. The molecule has 1 aromatic carbocycles. The molecule has 1 unspecified atom stereocenters. The molecule has 1 aliphatic rings. The van der Waals surface area contributed by atoms with Gasteiger partial charge < -0.3 is 10.1 Å². The predicted octanol–water partition coefficient (Wildman–Crippen LogP) is 3.14. The third kappa shape index (κ3) is 1.98. The van der Waals surface area contributed by atoms with E-state index in [-0.39, 0.29) is 11.4 Å². The highest BCUT2D eigenvalue weighted by Crippen LogP contribution is 2.55. The van der Waals surface area contributed by atoms with E-state index in [9.17, 15) is 4.79 Å². The maximum Gasteiger partial charge on any atom is 0.331 e. The Bertz CT molecular complexity index is 465. The van der Waals surface area contributed by atoms with Crippen molar-refractivity contribution < 1.29 is 9.53 Å². The van der Waals surface area contributed by atoms with Crippen molar-refractivity contribution in [1.82, 2.24) is 0 Å². The molecular formula is C15H21NO2. The lowest BCUT2D eigenvalue weighted by molar-refractivity contribution is -0.147. The number of carbonyl (C=O) groups is 1. The quantitative estimate of drug-likeness (QED) is 0.831. The molecule has 18 heavy (non-hydrogen) atoms. The van der Waals surface area contributed by atoms with E-state index in [1.54, 1.807) is 0 Å². The second-order valence-corrected chi connectivity index (χ2v) is 5.62. The van der Waals surface area contributed by atoms with Gasteiger partial charge in [-0.05, 0) is 38.3 Å². The second kappa shape index (κ2) is 4.30. The zero-order valence-corrected chi connectivity index (χ0v) is 11.5. The number of anilines is 1. The average Bonchev–Trinajstić information content (AvgIpc) is 3.10. The summed E-state index contributed by atoms with van der Waals surface area (Å²) in [6.07, 6.45) is 2.11. The third-order valence-corrected chi connectivity index (χ3v) is 4.33. The van der Waals surface area contributed by atoms with E-state index in [2.05, 4.69) is 12.2 Å². The van der Waals surface area contributed by atoms with Gasteiger partial charge in [0.25, 0.3) is 0 Å². The Morgan fingerprint density at radius 1 is 1.39 bits per heavy atom. The number of ether oxygens (including phenoxy) is 1. The van der Waals surface area contributed by atoms with Crippen LogP contribution in [0.25, 0.3) is 0 Å². The summed E-state index contributed by atoms with van der Waals surface area (Å²) in [5.41, 5.74) is 1.46. The summed E-state index contributed by atoms with van der Waals surface area (Å²) >= 11 is 0. The highest BCUT2D eigenvalue weighted by molar-refractivity contribution is 5.86. The van der Waals surface area contributed by atoms with Crippen LogP contribution >= 0.6 is 0 Å². The van der Waals surface area contributed by atoms with Crippen LogP contribution in [0.3, 0.4) is 0 Å². The number of hydrogen-bond donors (Lipinski definition) is 1. The van der Waals surface area contributed by atoms with Crippen LogP contribution in [0, 0.1) is 12.3 Å². The summed E-state index contributed by atoms with van der Waals surface area (Å²) in [7, 11) is 1.45. The zero-order valence-electron chi connectivity index (χ0n) is 11.5. The minimum absolute atomic E-state index is 0.0115. The summed E-state index contributed by atoms with van der Waals surface area (Å²) in [5.74, 6) is -0.189. The summed E-state index contributed by atoms with van der Waals surface area (Å²) < 4.78 is 4.99. The van der Waals surface area contributed by atoms with Gasteiger partial charge in [0.1, 0.15) is 5.54 Å². The highest BCUT2D eigenvalue weighted by atomic mass is 16.5.